The highest BCUT2D eigenvalue weighted by atomic mass is 32.2. The molecular formula is C14H22N2OS. The summed E-state index contributed by atoms with van der Waals surface area (Å²) in [6, 6.07) is 6.80. The maximum Gasteiger partial charge on any atom is 0.132 e. The molecule has 1 fully saturated rings. The standard InChI is InChI=1S/C14H22N2OS/c1-16-9-10(8-15)7-12(16)11-5-4-6-13(17-2)14(11)18-3/h4-6,10,12H,7-9,15H2,1-3H3. The lowest BCUT2D eigenvalue weighted by Crippen LogP contribution is -2.20. The molecule has 1 aliphatic heterocycles. The molecule has 0 saturated carbocycles. The second kappa shape index (κ2) is 5.95. The van der Waals surface area contributed by atoms with Crippen molar-refractivity contribution in [1.29, 1.82) is 0 Å². The fraction of sp³-hybridized carbons (Fsp3) is 0.571. The van der Waals surface area contributed by atoms with Crippen molar-refractivity contribution < 1.29 is 4.74 Å². The van der Waals surface area contributed by atoms with Gasteiger partial charge in [-0.25, -0.2) is 0 Å². The summed E-state index contributed by atoms with van der Waals surface area (Å²) in [5.41, 5.74) is 7.18. The Morgan fingerprint density at radius 1 is 1.50 bits per heavy atom. The van der Waals surface area contributed by atoms with Crippen LogP contribution >= 0.6 is 11.8 Å². The van der Waals surface area contributed by atoms with E-state index >= 15 is 0 Å². The first-order chi connectivity index (χ1) is 8.71. The van der Waals surface area contributed by atoms with Crippen LogP contribution in [0.3, 0.4) is 0 Å². The summed E-state index contributed by atoms with van der Waals surface area (Å²) in [6.07, 6.45) is 3.25. The number of hydrogen-bond acceptors (Lipinski definition) is 4. The molecule has 1 heterocycles. The molecule has 2 N–H and O–H groups in total. The van der Waals surface area contributed by atoms with Gasteiger partial charge in [-0.2, -0.15) is 0 Å². The largest absolute Gasteiger partial charge is 0.496 e. The van der Waals surface area contributed by atoms with Gasteiger partial charge in [0.15, 0.2) is 0 Å². The number of benzene rings is 1. The van der Waals surface area contributed by atoms with E-state index in [-0.39, 0.29) is 0 Å². The number of nitrogens with zero attached hydrogens (tertiary/aromatic N) is 1. The van der Waals surface area contributed by atoms with Gasteiger partial charge in [0, 0.05) is 12.6 Å². The number of hydrogen-bond donors (Lipinski definition) is 1. The third kappa shape index (κ3) is 2.51. The van der Waals surface area contributed by atoms with Crippen LogP contribution < -0.4 is 10.5 Å². The van der Waals surface area contributed by atoms with E-state index in [1.54, 1.807) is 18.9 Å². The molecule has 3 nitrogen and oxygen atoms in total. The molecule has 0 spiro atoms. The van der Waals surface area contributed by atoms with Crippen LogP contribution in [-0.2, 0) is 0 Å². The highest BCUT2D eigenvalue weighted by Crippen LogP contribution is 2.41. The second-order valence-corrected chi connectivity index (χ2v) is 5.69. The molecule has 0 bridgehead atoms. The van der Waals surface area contributed by atoms with E-state index in [0.29, 0.717) is 12.0 Å². The van der Waals surface area contributed by atoms with Crippen LogP contribution in [0.15, 0.2) is 23.1 Å². The fourth-order valence-corrected chi connectivity index (χ4v) is 3.61. The predicted molar refractivity (Wildman–Crippen MR) is 77.3 cm³/mol. The van der Waals surface area contributed by atoms with Gasteiger partial charge in [0.2, 0.25) is 0 Å². The Morgan fingerprint density at radius 3 is 2.83 bits per heavy atom. The first-order valence-electron chi connectivity index (χ1n) is 6.32. The minimum atomic E-state index is 0.469. The third-order valence-corrected chi connectivity index (χ3v) is 4.61. The lowest BCUT2D eigenvalue weighted by atomic mass is 9.99. The quantitative estimate of drug-likeness (QED) is 0.849. The molecule has 2 atom stereocenters. The van der Waals surface area contributed by atoms with Gasteiger partial charge in [-0.1, -0.05) is 12.1 Å². The zero-order valence-corrected chi connectivity index (χ0v) is 12.2. The molecule has 18 heavy (non-hydrogen) atoms. The first kappa shape index (κ1) is 13.7. The highest BCUT2D eigenvalue weighted by Gasteiger charge is 2.31. The molecule has 0 aromatic heterocycles. The lowest BCUT2D eigenvalue weighted by Gasteiger charge is -2.23. The second-order valence-electron chi connectivity index (χ2n) is 4.88. The molecule has 2 unspecified atom stereocenters. The summed E-state index contributed by atoms with van der Waals surface area (Å²) in [7, 11) is 3.92. The summed E-state index contributed by atoms with van der Waals surface area (Å²) in [4.78, 5) is 3.67. The van der Waals surface area contributed by atoms with E-state index in [0.717, 1.165) is 25.3 Å². The highest BCUT2D eigenvalue weighted by molar-refractivity contribution is 7.98. The van der Waals surface area contributed by atoms with Crippen molar-refractivity contribution in [1.82, 2.24) is 4.90 Å². The molecule has 1 aromatic rings. The number of rotatable bonds is 4. The van der Waals surface area contributed by atoms with E-state index in [1.807, 2.05) is 6.07 Å². The van der Waals surface area contributed by atoms with Crippen LogP contribution in [0.1, 0.15) is 18.0 Å². The van der Waals surface area contributed by atoms with Crippen molar-refractivity contribution in [3.63, 3.8) is 0 Å². The average molecular weight is 266 g/mol. The zero-order valence-electron chi connectivity index (χ0n) is 11.3. The van der Waals surface area contributed by atoms with E-state index in [2.05, 4.69) is 30.3 Å². The topological polar surface area (TPSA) is 38.5 Å². The van der Waals surface area contributed by atoms with Crippen LogP contribution in [-0.4, -0.2) is 38.4 Å². The van der Waals surface area contributed by atoms with Crippen LogP contribution in [0.4, 0.5) is 0 Å². The minimum Gasteiger partial charge on any atom is -0.496 e. The van der Waals surface area contributed by atoms with Gasteiger partial charge in [-0.15, -0.1) is 11.8 Å². The lowest BCUT2D eigenvalue weighted by molar-refractivity contribution is 0.308. The van der Waals surface area contributed by atoms with Crippen LogP contribution in [0.5, 0.6) is 5.75 Å². The smallest absolute Gasteiger partial charge is 0.132 e. The van der Waals surface area contributed by atoms with Crippen LogP contribution in [0, 0.1) is 5.92 Å². The molecule has 1 aromatic carbocycles. The summed E-state index contributed by atoms with van der Waals surface area (Å²) >= 11 is 1.76. The Balaban J connectivity index is 2.33. The normalized spacial score (nSPS) is 24.4. The Labute approximate surface area is 114 Å². The van der Waals surface area contributed by atoms with Crippen molar-refractivity contribution in [2.24, 2.45) is 11.7 Å². The summed E-state index contributed by atoms with van der Waals surface area (Å²) in [6.45, 7) is 1.87. The van der Waals surface area contributed by atoms with Gasteiger partial charge in [0.1, 0.15) is 5.75 Å². The van der Waals surface area contributed by atoms with E-state index in [9.17, 15) is 0 Å². The molecule has 1 aliphatic rings. The van der Waals surface area contributed by atoms with Gasteiger partial charge in [0.05, 0.1) is 12.0 Å². The molecule has 0 aliphatic carbocycles. The van der Waals surface area contributed by atoms with Crippen molar-refractivity contribution in [3.05, 3.63) is 23.8 Å². The van der Waals surface area contributed by atoms with Crippen LogP contribution in [0.25, 0.3) is 0 Å². The Bertz CT molecular complexity index is 411. The van der Waals surface area contributed by atoms with E-state index < -0.39 is 0 Å². The van der Waals surface area contributed by atoms with E-state index in [4.69, 9.17) is 10.5 Å². The van der Waals surface area contributed by atoms with Crippen molar-refractivity contribution in [2.75, 3.05) is 33.5 Å². The minimum absolute atomic E-state index is 0.469. The zero-order chi connectivity index (χ0) is 13.1. The fourth-order valence-electron chi connectivity index (χ4n) is 2.81. The number of methoxy groups -OCH3 is 1. The number of likely N-dealkylation sites (tertiary alicyclic amines) is 1. The summed E-state index contributed by atoms with van der Waals surface area (Å²) in [5.74, 6) is 1.59. The van der Waals surface area contributed by atoms with Gasteiger partial charge < -0.3 is 10.5 Å². The number of ether oxygens (including phenoxy) is 1. The van der Waals surface area contributed by atoms with Crippen molar-refractivity contribution in [3.8, 4) is 5.75 Å². The van der Waals surface area contributed by atoms with Crippen molar-refractivity contribution >= 4 is 11.8 Å². The molecule has 2 rings (SSSR count). The number of thioether (sulfide) groups is 1. The monoisotopic (exact) mass is 266 g/mol. The third-order valence-electron chi connectivity index (χ3n) is 3.76. The molecule has 0 radical (unpaired) electrons. The van der Waals surface area contributed by atoms with Gasteiger partial charge >= 0.3 is 0 Å². The van der Waals surface area contributed by atoms with Crippen molar-refractivity contribution in [2.45, 2.75) is 17.4 Å². The Morgan fingerprint density at radius 2 is 2.28 bits per heavy atom. The first-order valence-corrected chi connectivity index (χ1v) is 7.55. The van der Waals surface area contributed by atoms with Gasteiger partial charge in [0.25, 0.3) is 0 Å². The maximum atomic E-state index is 5.81. The molecule has 4 heteroatoms. The molecular weight excluding hydrogens is 244 g/mol. The number of nitrogens with two attached hydrogens (primary N) is 1. The van der Waals surface area contributed by atoms with Gasteiger partial charge in [-0.3, -0.25) is 4.90 Å². The molecule has 100 valence electrons. The summed E-state index contributed by atoms with van der Waals surface area (Å²) in [5, 5.41) is 0. The predicted octanol–water partition coefficient (Wildman–Crippen LogP) is 2.37. The average Bonchev–Trinajstić information content (AvgIpc) is 2.78. The SMILES string of the molecule is COc1cccc(C2CC(CN)CN2C)c1SC. The Kier molecular flexibility index (Phi) is 4.54. The molecule has 1 saturated heterocycles. The van der Waals surface area contributed by atoms with E-state index in [1.165, 1.54) is 10.5 Å². The summed E-state index contributed by atoms with van der Waals surface area (Å²) < 4.78 is 5.46. The van der Waals surface area contributed by atoms with Crippen LogP contribution in [0.2, 0.25) is 0 Å². The van der Waals surface area contributed by atoms with Gasteiger partial charge in [-0.05, 0) is 43.8 Å². The molecule has 0 amide bonds. The maximum absolute atomic E-state index is 5.81. The Hall–Kier alpha value is -0.710.